The van der Waals surface area contributed by atoms with Gasteiger partial charge in [-0.3, -0.25) is 4.79 Å². The first kappa shape index (κ1) is 18.9. The smallest absolute Gasteiger partial charge is 0.162 e. The van der Waals surface area contributed by atoms with Crippen LogP contribution in [0.15, 0.2) is 71.2 Å². The Kier molecular flexibility index (Phi) is 4.83. The number of anilines is 1. The summed E-state index contributed by atoms with van der Waals surface area (Å²) in [5.41, 5.74) is 5.04. The maximum Gasteiger partial charge on any atom is 0.162 e. The van der Waals surface area contributed by atoms with E-state index in [1.165, 1.54) is 4.88 Å². The lowest BCUT2D eigenvalue weighted by atomic mass is 9.73. The Labute approximate surface area is 180 Å². The van der Waals surface area contributed by atoms with Crippen molar-refractivity contribution in [3.05, 3.63) is 87.3 Å². The van der Waals surface area contributed by atoms with Crippen molar-refractivity contribution in [1.29, 1.82) is 0 Å². The molecule has 5 rings (SSSR count). The number of hydrogen-bond acceptors (Lipinski definition) is 5. The molecule has 0 radical (unpaired) electrons. The minimum atomic E-state index is -0.117. The van der Waals surface area contributed by atoms with Crippen LogP contribution in [0, 0.1) is 0 Å². The molecule has 5 heteroatoms. The number of carbonyl (C=O) groups excluding carboxylic acids is 1. The Bertz CT molecular complexity index is 1120. The second-order valence-corrected chi connectivity index (χ2v) is 8.68. The summed E-state index contributed by atoms with van der Waals surface area (Å²) in [5.74, 6) is 1.67. The third kappa shape index (κ3) is 3.10. The van der Waals surface area contributed by atoms with Gasteiger partial charge in [0.15, 0.2) is 17.3 Å². The van der Waals surface area contributed by atoms with Gasteiger partial charge in [-0.1, -0.05) is 36.4 Å². The number of benzene rings is 2. The summed E-state index contributed by atoms with van der Waals surface area (Å²) in [4.78, 5) is 14.7. The number of ether oxygens (including phenoxy) is 2. The number of ketones is 1. The molecule has 0 saturated heterocycles. The average molecular weight is 418 g/mol. The lowest BCUT2D eigenvalue weighted by Gasteiger charge is -2.36. The first-order valence-corrected chi connectivity index (χ1v) is 10.9. The van der Waals surface area contributed by atoms with Crippen molar-refractivity contribution < 1.29 is 14.3 Å². The summed E-state index contributed by atoms with van der Waals surface area (Å²) < 4.78 is 11.1. The molecular weight excluding hydrogens is 394 g/mol. The van der Waals surface area contributed by atoms with Crippen molar-refractivity contribution in [2.75, 3.05) is 19.5 Å². The number of nitrogens with one attached hydrogen (secondary N) is 1. The molecule has 0 bridgehead atoms. The Morgan fingerprint density at radius 1 is 0.967 bits per heavy atom. The minimum Gasteiger partial charge on any atom is -0.493 e. The van der Waals surface area contributed by atoms with Crippen LogP contribution in [-0.2, 0) is 4.79 Å². The van der Waals surface area contributed by atoms with Crippen LogP contribution in [0.3, 0.4) is 0 Å². The lowest BCUT2D eigenvalue weighted by Crippen LogP contribution is -2.29. The molecule has 4 nitrogen and oxygen atoms in total. The number of hydrogen-bond donors (Lipinski definition) is 1. The summed E-state index contributed by atoms with van der Waals surface area (Å²) in [5, 5.41) is 5.66. The number of Topliss-reactive ketones (excluding diaryl/α,β-unsaturated/α-hetero) is 1. The van der Waals surface area contributed by atoms with E-state index in [1.54, 1.807) is 25.6 Å². The summed E-state index contributed by atoms with van der Waals surface area (Å²) in [7, 11) is 3.28. The molecule has 1 aliphatic carbocycles. The predicted octanol–water partition coefficient (Wildman–Crippen LogP) is 5.72. The number of methoxy groups -OCH3 is 2. The summed E-state index contributed by atoms with van der Waals surface area (Å²) in [6.45, 7) is 0. The number of carbonyl (C=O) groups is 1. The Balaban J connectivity index is 1.67. The molecule has 0 spiro atoms. The van der Waals surface area contributed by atoms with Crippen LogP contribution in [0.5, 0.6) is 11.5 Å². The van der Waals surface area contributed by atoms with Crippen molar-refractivity contribution in [3.63, 3.8) is 0 Å². The van der Waals surface area contributed by atoms with Crippen LogP contribution in [-0.4, -0.2) is 20.0 Å². The van der Waals surface area contributed by atoms with E-state index in [2.05, 4.69) is 35.0 Å². The van der Waals surface area contributed by atoms with Crippen LogP contribution in [0.2, 0.25) is 0 Å². The molecular formula is C25H23NO3S. The monoisotopic (exact) mass is 417 g/mol. The highest BCUT2D eigenvalue weighted by Crippen LogP contribution is 2.50. The first-order valence-electron chi connectivity index (χ1n) is 10.1. The van der Waals surface area contributed by atoms with Crippen LogP contribution >= 0.6 is 11.3 Å². The van der Waals surface area contributed by atoms with E-state index < -0.39 is 0 Å². The molecule has 30 heavy (non-hydrogen) atoms. The van der Waals surface area contributed by atoms with Gasteiger partial charge in [0.05, 0.1) is 14.2 Å². The van der Waals surface area contributed by atoms with Gasteiger partial charge in [0.1, 0.15) is 0 Å². The van der Waals surface area contributed by atoms with Crippen molar-refractivity contribution in [2.45, 2.75) is 24.7 Å². The van der Waals surface area contributed by atoms with Crippen molar-refractivity contribution >= 4 is 22.8 Å². The normalized spacial score (nSPS) is 20.3. The van der Waals surface area contributed by atoms with Crippen LogP contribution < -0.4 is 14.8 Å². The Morgan fingerprint density at radius 3 is 2.43 bits per heavy atom. The number of thiophene rings is 1. The maximum atomic E-state index is 13.5. The fraction of sp³-hybridized carbons (Fsp3) is 0.240. The van der Waals surface area contributed by atoms with Crippen LogP contribution in [0.4, 0.5) is 5.69 Å². The van der Waals surface area contributed by atoms with E-state index in [-0.39, 0.29) is 17.6 Å². The topological polar surface area (TPSA) is 47.6 Å². The molecule has 0 saturated carbocycles. The quantitative estimate of drug-likeness (QED) is 0.589. The average Bonchev–Trinajstić information content (AvgIpc) is 3.32. The molecule has 0 fully saturated rings. The van der Waals surface area contributed by atoms with Gasteiger partial charge in [-0.05, 0) is 35.1 Å². The number of rotatable bonds is 4. The Hall–Kier alpha value is -3.05. The third-order valence-corrected chi connectivity index (χ3v) is 7.06. The van der Waals surface area contributed by atoms with Crippen molar-refractivity contribution in [1.82, 2.24) is 0 Å². The molecule has 2 atom stereocenters. The fourth-order valence-electron chi connectivity index (χ4n) is 4.66. The maximum absolute atomic E-state index is 13.5. The molecule has 1 aliphatic heterocycles. The summed E-state index contributed by atoms with van der Waals surface area (Å²) >= 11 is 1.73. The molecule has 2 aromatic carbocycles. The molecule has 2 aliphatic rings. The van der Waals surface area contributed by atoms with Gasteiger partial charge in [0, 0.05) is 46.2 Å². The molecule has 0 amide bonds. The highest BCUT2D eigenvalue weighted by molar-refractivity contribution is 7.10. The van der Waals surface area contributed by atoms with Gasteiger partial charge in [0.2, 0.25) is 0 Å². The molecule has 152 valence electrons. The first-order chi connectivity index (χ1) is 14.7. The summed E-state index contributed by atoms with van der Waals surface area (Å²) in [6, 6.07) is 18.4. The second-order valence-electron chi connectivity index (χ2n) is 7.70. The van der Waals surface area contributed by atoms with E-state index >= 15 is 0 Å². The third-order valence-electron chi connectivity index (χ3n) is 6.03. The largest absolute Gasteiger partial charge is 0.493 e. The van der Waals surface area contributed by atoms with Crippen LogP contribution in [0.1, 0.15) is 40.7 Å². The number of fused-ring (bicyclic) bond motifs is 1. The second kappa shape index (κ2) is 7.65. The van der Waals surface area contributed by atoms with Gasteiger partial charge >= 0.3 is 0 Å². The Morgan fingerprint density at radius 2 is 1.73 bits per heavy atom. The molecule has 1 aromatic heterocycles. The lowest BCUT2D eigenvalue weighted by molar-refractivity contribution is -0.116. The van der Waals surface area contributed by atoms with Gasteiger partial charge < -0.3 is 14.8 Å². The van der Waals surface area contributed by atoms with Gasteiger partial charge in [-0.25, -0.2) is 0 Å². The van der Waals surface area contributed by atoms with Gasteiger partial charge in [-0.15, -0.1) is 11.3 Å². The van der Waals surface area contributed by atoms with E-state index in [0.717, 1.165) is 34.5 Å². The molecule has 1 N–H and O–H groups in total. The van der Waals surface area contributed by atoms with Crippen molar-refractivity contribution in [3.8, 4) is 11.5 Å². The summed E-state index contributed by atoms with van der Waals surface area (Å²) in [6.07, 6.45) is 1.38. The van der Waals surface area contributed by atoms with E-state index in [9.17, 15) is 4.79 Å². The van der Waals surface area contributed by atoms with E-state index in [4.69, 9.17) is 9.47 Å². The van der Waals surface area contributed by atoms with Gasteiger partial charge in [-0.2, -0.15) is 0 Å². The highest BCUT2D eigenvalue weighted by atomic mass is 32.1. The highest BCUT2D eigenvalue weighted by Gasteiger charge is 2.39. The van der Waals surface area contributed by atoms with Crippen molar-refractivity contribution in [2.24, 2.45) is 0 Å². The number of allylic oxidation sites excluding steroid dienone is 2. The zero-order valence-electron chi connectivity index (χ0n) is 17.0. The standard InChI is InChI=1S/C25H23NO3S/c1-28-21-13-17-18(14-22(21)29-2)26-19-11-16(23-9-6-10-30-23)12-20(27)25(19)24(17)15-7-4-3-5-8-15/h3-10,13-14,16,24,26H,11-12H2,1-2H3/t16-,24-/m0/s1. The molecule has 3 aromatic rings. The molecule has 0 unspecified atom stereocenters. The van der Waals surface area contributed by atoms with E-state index in [0.29, 0.717) is 17.9 Å². The zero-order chi connectivity index (χ0) is 20.7. The van der Waals surface area contributed by atoms with E-state index in [1.807, 2.05) is 30.3 Å². The van der Waals surface area contributed by atoms with Crippen LogP contribution in [0.25, 0.3) is 0 Å². The predicted molar refractivity (Wildman–Crippen MR) is 120 cm³/mol. The zero-order valence-corrected chi connectivity index (χ0v) is 17.8. The minimum absolute atomic E-state index is 0.117. The fourth-order valence-corrected chi connectivity index (χ4v) is 5.49. The SMILES string of the molecule is COc1cc2c(cc1OC)[C@H](c1ccccc1)C1=C(C[C@H](c3cccs3)CC1=O)N2. The van der Waals surface area contributed by atoms with Gasteiger partial charge in [0.25, 0.3) is 0 Å². The molecule has 2 heterocycles.